The molecule has 0 amide bonds. The number of hydrogen-bond acceptors (Lipinski definition) is 3. The summed E-state index contributed by atoms with van der Waals surface area (Å²) in [5.74, 6) is -0.222. The monoisotopic (exact) mass is 260 g/mol. The molecule has 2 fully saturated rings. The van der Waals surface area contributed by atoms with E-state index in [1.54, 1.807) is 6.07 Å². The lowest BCUT2D eigenvalue weighted by molar-refractivity contribution is -0.0591. The summed E-state index contributed by atoms with van der Waals surface area (Å²) in [6.45, 7) is 2.14. The summed E-state index contributed by atoms with van der Waals surface area (Å²) in [6, 6.07) is 7.06. The molecule has 3 nitrogen and oxygen atoms in total. The Morgan fingerprint density at radius 1 is 1.42 bits per heavy atom. The minimum Gasteiger partial charge on any atom is -0.375 e. The van der Waals surface area contributed by atoms with E-state index < -0.39 is 0 Å². The molecular formula is C15H17FN2O. The van der Waals surface area contributed by atoms with Crippen molar-refractivity contribution in [3.63, 3.8) is 0 Å². The van der Waals surface area contributed by atoms with Gasteiger partial charge in [-0.15, -0.1) is 0 Å². The van der Waals surface area contributed by atoms with Crippen molar-refractivity contribution in [1.29, 1.82) is 5.26 Å². The van der Waals surface area contributed by atoms with Gasteiger partial charge in [0, 0.05) is 24.7 Å². The standard InChI is InChI=1S/C15H17FN2O/c16-13-5-4-11(9-17)8-12(13)10-18-6-7-19-15-3-1-2-14(15)18/h4-5,8,14-15H,1-3,6-7,10H2. The van der Waals surface area contributed by atoms with E-state index in [0.717, 1.165) is 26.0 Å². The van der Waals surface area contributed by atoms with E-state index in [-0.39, 0.29) is 5.82 Å². The minimum atomic E-state index is -0.222. The van der Waals surface area contributed by atoms with Crippen molar-refractivity contribution in [2.75, 3.05) is 13.2 Å². The van der Waals surface area contributed by atoms with Crippen LogP contribution in [0.5, 0.6) is 0 Å². The van der Waals surface area contributed by atoms with Crippen LogP contribution in [0.1, 0.15) is 30.4 Å². The highest BCUT2D eigenvalue weighted by molar-refractivity contribution is 5.33. The Labute approximate surface area is 112 Å². The third-order valence-electron chi connectivity index (χ3n) is 4.15. The Bertz CT molecular complexity index is 511. The van der Waals surface area contributed by atoms with Crippen LogP contribution in [0.4, 0.5) is 4.39 Å². The van der Waals surface area contributed by atoms with E-state index in [2.05, 4.69) is 11.0 Å². The highest BCUT2D eigenvalue weighted by Crippen LogP contribution is 2.31. The molecule has 0 spiro atoms. The van der Waals surface area contributed by atoms with Crippen LogP contribution in [0.15, 0.2) is 18.2 Å². The zero-order chi connectivity index (χ0) is 13.2. The Morgan fingerprint density at radius 2 is 2.32 bits per heavy atom. The van der Waals surface area contributed by atoms with E-state index in [1.165, 1.54) is 18.6 Å². The van der Waals surface area contributed by atoms with Crippen molar-refractivity contribution >= 4 is 0 Å². The SMILES string of the molecule is N#Cc1ccc(F)c(CN2CCOC3CCCC32)c1. The molecule has 1 aromatic carbocycles. The predicted molar refractivity (Wildman–Crippen MR) is 68.9 cm³/mol. The number of morpholine rings is 1. The van der Waals surface area contributed by atoms with Crippen molar-refractivity contribution in [1.82, 2.24) is 4.90 Å². The topological polar surface area (TPSA) is 36.3 Å². The summed E-state index contributed by atoms with van der Waals surface area (Å²) < 4.78 is 19.6. The number of hydrogen-bond donors (Lipinski definition) is 0. The second kappa shape index (κ2) is 5.28. The third kappa shape index (κ3) is 2.49. The summed E-state index contributed by atoms with van der Waals surface area (Å²) in [5.41, 5.74) is 1.14. The minimum absolute atomic E-state index is 0.222. The average Bonchev–Trinajstić information content (AvgIpc) is 2.90. The van der Waals surface area contributed by atoms with Crippen LogP contribution in [0.2, 0.25) is 0 Å². The summed E-state index contributed by atoms with van der Waals surface area (Å²) >= 11 is 0. The summed E-state index contributed by atoms with van der Waals surface area (Å²) in [4.78, 5) is 2.31. The van der Waals surface area contributed by atoms with Gasteiger partial charge in [0.1, 0.15) is 5.82 Å². The van der Waals surface area contributed by atoms with Gasteiger partial charge in [-0.25, -0.2) is 4.39 Å². The van der Waals surface area contributed by atoms with Crippen LogP contribution in [0.3, 0.4) is 0 Å². The molecule has 0 radical (unpaired) electrons. The third-order valence-corrected chi connectivity index (χ3v) is 4.15. The average molecular weight is 260 g/mol. The maximum Gasteiger partial charge on any atom is 0.127 e. The molecule has 100 valence electrons. The van der Waals surface area contributed by atoms with Crippen LogP contribution < -0.4 is 0 Å². The number of halogens is 1. The molecule has 0 N–H and O–H groups in total. The lowest BCUT2D eigenvalue weighted by atomic mass is 10.1. The van der Waals surface area contributed by atoms with Gasteiger partial charge in [0.25, 0.3) is 0 Å². The fourth-order valence-electron chi connectivity index (χ4n) is 3.19. The molecule has 0 bridgehead atoms. The first kappa shape index (κ1) is 12.6. The summed E-state index contributed by atoms with van der Waals surface area (Å²) in [6.07, 6.45) is 3.74. The normalized spacial score (nSPS) is 26.9. The first-order valence-corrected chi connectivity index (χ1v) is 6.82. The predicted octanol–water partition coefficient (Wildman–Crippen LogP) is 2.45. The van der Waals surface area contributed by atoms with E-state index in [0.29, 0.717) is 29.8 Å². The highest BCUT2D eigenvalue weighted by atomic mass is 19.1. The van der Waals surface area contributed by atoms with E-state index in [9.17, 15) is 4.39 Å². The van der Waals surface area contributed by atoms with Crippen molar-refractivity contribution in [3.8, 4) is 6.07 Å². The van der Waals surface area contributed by atoms with E-state index in [4.69, 9.17) is 10.00 Å². The molecular weight excluding hydrogens is 243 g/mol. The van der Waals surface area contributed by atoms with Crippen LogP contribution in [0.25, 0.3) is 0 Å². The molecule has 4 heteroatoms. The van der Waals surface area contributed by atoms with Crippen LogP contribution in [-0.2, 0) is 11.3 Å². The van der Waals surface area contributed by atoms with E-state index in [1.807, 2.05) is 0 Å². The van der Waals surface area contributed by atoms with Gasteiger partial charge < -0.3 is 4.74 Å². The van der Waals surface area contributed by atoms with Crippen LogP contribution >= 0.6 is 0 Å². The maximum absolute atomic E-state index is 13.8. The quantitative estimate of drug-likeness (QED) is 0.819. The van der Waals surface area contributed by atoms with Gasteiger partial charge in [0.05, 0.1) is 24.3 Å². The largest absolute Gasteiger partial charge is 0.375 e. The smallest absolute Gasteiger partial charge is 0.127 e. The molecule has 2 atom stereocenters. The molecule has 1 aliphatic heterocycles. The van der Waals surface area contributed by atoms with Gasteiger partial charge in [0.2, 0.25) is 0 Å². The fraction of sp³-hybridized carbons (Fsp3) is 0.533. The Balaban J connectivity index is 1.79. The Kier molecular flexibility index (Phi) is 3.50. The molecule has 0 aromatic heterocycles. The van der Waals surface area contributed by atoms with Crippen LogP contribution in [0, 0.1) is 17.1 Å². The van der Waals surface area contributed by atoms with Crippen molar-refractivity contribution in [2.24, 2.45) is 0 Å². The molecule has 2 unspecified atom stereocenters. The lowest BCUT2D eigenvalue weighted by Gasteiger charge is -2.37. The molecule has 3 rings (SSSR count). The fourth-order valence-corrected chi connectivity index (χ4v) is 3.19. The van der Waals surface area contributed by atoms with Gasteiger partial charge in [-0.3, -0.25) is 4.90 Å². The molecule has 1 saturated carbocycles. The first-order chi connectivity index (χ1) is 9.28. The number of rotatable bonds is 2. The summed E-state index contributed by atoms with van der Waals surface area (Å²) in [7, 11) is 0. The molecule has 1 saturated heterocycles. The lowest BCUT2D eigenvalue weighted by Crippen LogP contribution is -2.47. The maximum atomic E-state index is 13.8. The number of nitrogens with zero attached hydrogens (tertiary/aromatic N) is 2. The van der Waals surface area contributed by atoms with Crippen molar-refractivity contribution < 1.29 is 9.13 Å². The van der Waals surface area contributed by atoms with E-state index >= 15 is 0 Å². The molecule has 2 aliphatic rings. The van der Waals surface area contributed by atoms with Gasteiger partial charge in [0.15, 0.2) is 0 Å². The number of benzene rings is 1. The second-order valence-electron chi connectivity index (χ2n) is 5.30. The number of fused-ring (bicyclic) bond motifs is 1. The van der Waals surface area contributed by atoms with Crippen molar-refractivity contribution in [3.05, 3.63) is 35.1 Å². The van der Waals surface area contributed by atoms with Gasteiger partial charge >= 0.3 is 0 Å². The zero-order valence-corrected chi connectivity index (χ0v) is 10.8. The summed E-state index contributed by atoms with van der Waals surface area (Å²) in [5, 5.41) is 8.90. The van der Waals surface area contributed by atoms with Gasteiger partial charge in [-0.1, -0.05) is 0 Å². The Morgan fingerprint density at radius 3 is 3.16 bits per heavy atom. The number of ether oxygens (including phenoxy) is 1. The number of nitriles is 1. The molecule has 1 aliphatic carbocycles. The molecule has 1 heterocycles. The molecule has 1 aromatic rings. The Hall–Kier alpha value is -1.44. The van der Waals surface area contributed by atoms with Crippen LogP contribution in [-0.4, -0.2) is 30.2 Å². The van der Waals surface area contributed by atoms with Gasteiger partial charge in [-0.05, 0) is 37.5 Å². The van der Waals surface area contributed by atoms with Gasteiger partial charge in [-0.2, -0.15) is 5.26 Å². The molecule has 19 heavy (non-hydrogen) atoms. The first-order valence-electron chi connectivity index (χ1n) is 6.82. The highest BCUT2D eigenvalue weighted by Gasteiger charge is 2.36. The zero-order valence-electron chi connectivity index (χ0n) is 10.8. The van der Waals surface area contributed by atoms with Crippen molar-refractivity contribution in [2.45, 2.75) is 38.0 Å². The second-order valence-corrected chi connectivity index (χ2v) is 5.30.